The highest BCUT2D eigenvalue weighted by Gasteiger charge is 2.14. The van der Waals surface area contributed by atoms with Crippen molar-refractivity contribution in [2.45, 2.75) is 50.9 Å². The number of rotatable bonds is 9. The zero-order chi connectivity index (χ0) is 22.4. The molecular weight excluding hydrogens is 539 g/mol. The molecule has 3 aromatic rings. The molecule has 3 rings (SSSR count). The lowest BCUT2D eigenvalue weighted by Crippen LogP contribution is -2.16. The summed E-state index contributed by atoms with van der Waals surface area (Å²) < 4.78 is 3.27. The number of hydrogen-bond donors (Lipinski definition) is 1. The van der Waals surface area contributed by atoms with Crippen LogP contribution < -0.4 is 5.32 Å². The summed E-state index contributed by atoms with van der Waals surface area (Å²) in [6.45, 7) is 9.01. The molecule has 31 heavy (non-hydrogen) atoms. The molecule has 1 N–H and O–H groups in total. The van der Waals surface area contributed by atoms with Crippen LogP contribution in [0.2, 0.25) is 0 Å². The van der Waals surface area contributed by atoms with Crippen molar-refractivity contribution in [1.29, 1.82) is 0 Å². The number of amides is 1. The van der Waals surface area contributed by atoms with Gasteiger partial charge in [0.05, 0.1) is 11.5 Å². The third kappa shape index (κ3) is 6.73. The summed E-state index contributed by atoms with van der Waals surface area (Å²) in [6, 6.07) is 12.8. The van der Waals surface area contributed by atoms with Gasteiger partial charge in [0.15, 0.2) is 5.16 Å². The smallest absolute Gasteiger partial charge is 0.234 e. The van der Waals surface area contributed by atoms with Gasteiger partial charge in [0.25, 0.3) is 0 Å². The third-order valence-corrected chi connectivity index (χ3v) is 7.41. The van der Waals surface area contributed by atoms with Gasteiger partial charge in [0.1, 0.15) is 5.82 Å². The molecule has 0 atom stereocenters. The fourth-order valence-electron chi connectivity index (χ4n) is 3.21. The Balaban J connectivity index is 1.55. The van der Waals surface area contributed by atoms with Crippen LogP contribution in [0.4, 0.5) is 5.69 Å². The van der Waals surface area contributed by atoms with Gasteiger partial charge in [0.2, 0.25) is 5.91 Å². The Hall–Kier alpha value is -1.52. The number of nitrogens with zero attached hydrogens (tertiary/aromatic N) is 3. The third-order valence-electron chi connectivity index (χ3n) is 4.82. The molecule has 2 aromatic carbocycles. The molecular formula is C23H27IN4OS2. The van der Waals surface area contributed by atoms with Crippen LogP contribution in [0.25, 0.3) is 0 Å². The predicted molar refractivity (Wildman–Crippen MR) is 140 cm³/mol. The van der Waals surface area contributed by atoms with Crippen LogP contribution in [-0.4, -0.2) is 26.4 Å². The molecule has 0 saturated carbocycles. The van der Waals surface area contributed by atoms with Crippen molar-refractivity contribution in [2.75, 3.05) is 11.1 Å². The first-order valence-corrected chi connectivity index (χ1v) is 13.3. The van der Waals surface area contributed by atoms with Crippen molar-refractivity contribution >= 4 is 57.7 Å². The molecule has 5 nitrogen and oxygen atoms in total. The van der Waals surface area contributed by atoms with Crippen LogP contribution in [-0.2, 0) is 22.8 Å². The number of nitrogens with one attached hydrogen (secondary N) is 1. The Morgan fingerprint density at radius 1 is 1.06 bits per heavy atom. The van der Waals surface area contributed by atoms with Gasteiger partial charge in [-0.1, -0.05) is 41.6 Å². The van der Waals surface area contributed by atoms with E-state index in [2.05, 4.69) is 92.9 Å². The monoisotopic (exact) mass is 566 g/mol. The molecule has 0 fully saturated rings. The van der Waals surface area contributed by atoms with E-state index >= 15 is 0 Å². The summed E-state index contributed by atoms with van der Waals surface area (Å²) in [4.78, 5) is 12.5. The van der Waals surface area contributed by atoms with E-state index in [1.54, 1.807) is 0 Å². The van der Waals surface area contributed by atoms with E-state index in [0.29, 0.717) is 5.75 Å². The average molecular weight is 567 g/mol. The van der Waals surface area contributed by atoms with E-state index in [0.717, 1.165) is 45.8 Å². The molecule has 8 heteroatoms. The summed E-state index contributed by atoms with van der Waals surface area (Å²) in [5, 5.41) is 12.5. The SMILES string of the molecule is CCn1c(CSCc2ccc(C)cc2)nnc1SCC(=O)Nc1c(C)cc(I)cc1C. The Bertz CT molecular complexity index is 1030. The second kappa shape index (κ2) is 11.4. The Kier molecular flexibility index (Phi) is 8.85. The normalized spacial score (nSPS) is 11.0. The van der Waals surface area contributed by atoms with Gasteiger partial charge in [-0.05, 0) is 79.1 Å². The summed E-state index contributed by atoms with van der Waals surface area (Å²) >= 11 is 5.55. The van der Waals surface area contributed by atoms with Gasteiger partial charge in [-0.15, -0.1) is 22.0 Å². The Morgan fingerprint density at radius 3 is 2.39 bits per heavy atom. The van der Waals surface area contributed by atoms with E-state index in [1.807, 2.05) is 25.6 Å². The molecule has 0 aliphatic heterocycles. The average Bonchev–Trinajstić information content (AvgIpc) is 3.12. The van der Waals surface area contributed by atoms with Crippen LogP contribution in [0.1, 0.15) is 35.0 Å². The van der Waals surface area contributed by atoms with Crippen molar-refractivity contribution < 1.29 is 4.79 Å². The van der Waals surface area contributed by atoms with E-state index in [-0.39, 0.29) is 5.91 Å². The lowest BCUT2D eigenvalue weighted by molar-refractivity contribution is -0.113. The molecule has 1 aromatic heterocycles. The van der Waals surface area contributed by atoms with Gasteiger partial charge >= 0.3 is 0 Å². The summed E-state index contributed by atoms with van der Waals surface area (Å²) in [5.41, 5.74) is 5.64. The quantitative estimate of drug-likeness (QED) is 0.255. The molecule has 0 saturated heterocycles. The molecule has 1 heterocycles. The Labute approximate surface area is 206 Å². The minimum absolute atomic E-state index is 0.0293. The fourth-order valence-corrected chi connectivity index (χ4v) is 5.89. The molecule has 0 radical (unpaired) electrons. The number of hydrogen-bond acceptors (Lipinski definition) is 5. The predicted octanol–water partition coefficient (Wildman–Crippen LogP) is 5.99. The van der Waals surface area contributed by atoms with Crippen molar-refractivity contribution in [3.8, 4) is 0 Å². The molecule has 0 spiro atoms. The molecule has 164 valence electrons. The number of anilines is 1. The van der Waals surface area contributed by atoms with E-state index in [1.165, 1.54) is 26.5 Å². The highest BCUT2D eigenvalue weighted by Crippen LogP contribution is 2.25. The number of aromatic nitrogens is 3. The van der Waals surface area contributed by atoms with Crippen LogP contribution in [0.3, 0.4) is 0 Å². The summed E-state index contributed by atoms with van der Waals surface area (Å²) in [7, 11) is 0. The second-order valence-electron chi connectivity index (χ2n) is 7.37. The molecule has 1 amide bonds. The molecule has 0 aliphatic carbocycles. The first-order valence-electron chi connectivity index (χ1n) is 10.1. The van der Waals surface area contributed by atoms with Crippen molar-refractivity contribution in [3.05, 3.63) is 68.0 Å². The minimum atomic E-state index is -0.0293. The van der Waals surface area contributed by atoms with Crippen molar-refractivity contribution in [2.24, 2.45) is 0 Å². The van der Waals surface area contributed by atoms with E-state index < -0.39 is 0 Å². The maximum absolute atomic E-state index is 12.5. The van der Waals surface area contributed by atoms with Crippen LogP contribution in [0.15, 0.2) is 41.6 Å². The van der Waals surface area contributed by atoms with Crippen LogP contribution >= 0.6 is 46.1 Å². The Morgan fingerprint density at radius 2 is 1.74 bits per heavy atom. The molecule has 0 unspecified atom stereocenters. The van der Waals surface area contributed by atoms with E-state index in [9.17, 15) is 4.79 Å². The fraction of sp³-hybridized carbons (Fsp3) is 0.348. The maximum Gasteiger partial charge on any atom is 0.234 e. The number of carbonyl (C=O) groups excluding carboxylic acids is 1. The highest BCUT2D eigenvalue weighted by molar-refractivity contribution is 14.1. The first-order chi connectivity index (χ1) is 14.9. The first kappa shape index (κ1) is 24.1. The molecule has 0 bridgehead atoms. The van der Waals surface area contributed by atoms with Gasteiger partial charge < -0.3 is 9.88 Å². The second-order valence-corrected chi connectivity index (χ2v) is 10.5. The van der Waals surface area contributed by atoms with Gasteiger partial charge in [-0.25, -0.2) is 0 Å². The van der Waals surface area contributed by atoms with Gasteiger partial charge in [-0.3, -0.25) is 4.79 Å². The van der Waals surface area contributed by atoms with E-state index in [4.69, 9.17) is 0 Å². The maximum atomic E-state index is 12.5. The largest absolute Gasteiger partial charge is 0.325 e. The minimum Gasteiger partial charge on any atom is -0.325 e. The zero-order valence-corrected chi connectivity index (χ0v) is 22.0. The lowest BCUT2D eigenvalue weighted by Gasteiger charge is -2.12. The summed E-state index contributed by atoms with van der Waals surface area (Å²) in [6.07, 6.45) is 0. The van der Waals surface area contributed by atoms with Gasteiger partial charge in [0, 0.05) is 21.6 Å². The lowest BCUT2D eigenvalue weighted by atomic mass is 10.1. The summed E-state index contributed by atoms with van der Waals surface area (Å²) in [5.74, 6) is 2.96. The number of thioether (sulfide) groups is 2. The standard InChI is InChI=1S/C23H27IN4OS2/c1-5-28-20(13-30-12-18-8-6-15(2)7-9-18)26-27-23(28)31-14-21(29)25-22-16(3)10-19(24)11-17(22)4/h6-11H,5,12-14H2,1-4H3,(H,25,29). The highest BCUT2D eigenvalue weighted by atomic mass is 127. The van der Waals surface area contributed by atoms with Crippen molar-refractivity contribution in [3.63, 3.8) is 0 Å². The number of benzene rings is 2. The number of carbonyl (C=O) groups is 1. The molecule has 0 aliphatic rings. The number of halogens is 1. The van der Waals surface area contributed by atoms with Crippen LogP contribution in [0.5, 0.6) is 0 Å². The van der Waals surface area contributed by atoms with Crippen LogP contribution in [0, 0.1) is 24.3 Å². The topological polar surface area (TPSA) is 59.8 Å². The van der Waals surface area contributed by atoms with Crippen molar-refractivity contribution in [1.82, 2.24) is 14.8 Å². The zero-order valence-electron chi connectivity index (χ0n) is 18.2. The van der Waals surface area contributed by atoms with Gasteiger partial charge in [-0.2, -0.15) is 0 Å². The number of aryl methyl sites for hydroxylation is 3.